The third kappa shape index (κ3) is 4.00. The fourth-order valence-electron chi connectivity index (χ4n) is 3.03. The summed E-state index contributed by atoms with van der Waals surface area (Å²) in [6, 6.07) is 11.2. The molecule has 0 aromatic heterocycles. The van der Waals surface area contributed by atoms with Crippen LogP contribution in [-0.2, 0) is 10.0 Å². The highest BCUT2D eigenvalue weighted by atomic mass is 32.2. The van der Waals surface area contributed by atoms with E-state index in [2.05, 4.69) is 4.72 Å². The molecule has 0 radical (unpaired) electrons. The monoisotopic (exact) mass is 379 g/mol. The number of rotatable bonds is 5. The molecule has 0 aliphatic carbocycles. The Balaban J connectivity index is 1.69. The van der Waals surface area contributed by atoms with Crippen LogP contribution in [0.5, 0.6) is 0 Å². The van der Waals surface area contributed by atoms with Crippen LogP contribution in [0.2, 0.25) is 0 Å². The summed E-state index contributed by atoms with van der Waals surface area (Å²) in [6.45, 7) is 0.790. The number of piperidine rings is 1. The molecule has 0 amide bonds. The molecule has 3 rings (SSSR count). The van der Waals surface area contributed by atoms with Crippen molar-refractivity contribution < 1.29 is 17.7 Å². The molecule has 1 N–H and O–H groups in total. The fourth-order valence-corrected chi connectivity index (χ4v) is 4.36. The molecular weight excluding hydrogens is 361 g/mol. The van der Waals surface area contributed by atoms with Crippen LogP contribution in [0.25, 0.3) is 0 Å². The molecule has 1 fully saturated rings. The molecule has 2 aromatic carbocycles. The van der Waals surface area contributed by atoms with Crippen LogP contribution < -0.4 is 9.62 Å². The van der Waals surface area contributed by atoms with Gasteiger partial charge >= 0.3 is 0 Å². The van der Waals surface area contributed by atoms with Gasteiger partial charge in [-0.25, -0.2) is 17.5 Å². The van der Waals surface area contributed by atoms with E-state index in [0.717, 1.165) is 18.2 Å². The van der Waals surface area contributed by atoms with Gasteiger partial charge in [0, 0.05) is 31.3 Å². The van der Waals surface area contributed by atoms with Gasteiger partial charge < -0.3 is 4.90 Å². The topological polar surface area (TPSA) is 92.6 Å². The second-order valence-corrected chi connectivity index (χ2v) is 7.80. The van der Waals surface area contributed by atoms with Gasteiger partial charge in [0.05, 0.1) is 9.82 Å². The van der Waals surface area contributed by atoms with Crippen molar-refractivity contribution in [3.8, 4) is 0 Å². The van der Waals surface area contributed by atoms with Crippen molar-refractivity contribution in [3.05, 3.63) is 64.5 Å². The van der Waals surface area contributed by atoms with Gasteiger partial charge in [-0.05, 0) is 31.0 Å². The van der Waals surface area contributed by atoms with E-state index in [1.165, 1.54) is 12.1 Å². The number of nitrogens with zero attached hydrogens (tertiary/aromatic N) is 2. The quantitative estimate of drug-likeness (QED) is 0.637. The molecule has 1 aliphatic heterocycles. The third-order valence-electron chi connectivity index (χ3n) is 4.35. The Morgan fingerprint density at radius 1 is 1.12 bits per heavy atom. The van der Waals surface area contributed by atoms with E-state index in [9.17, 15) is 22.9 Å². The lowest BCUT2D eigenvalue weighted by Gasteiger charge is -2.33. The van der Waals surface area contributed by atoms with Crippen molar-refractivity contribution in [1.82, 2.24) is 4.72 Å². The first-order valence-electron chi connectivity index (χ1n) is 8.13. The highest BCUT2D eigenvalue weighted by Gasteiger charge is 2.28. The maximum absolute atomic E-state index is 13.5. The highest BCUT2D eigenvalue weighted by molar-refractivity contribution is 7.89. The van der Waals surface area contributed by atoms with Crippen LogP contribution >= 0.6 is 0 Å². The van der Waals surface area contributed by atoms with Gasteiger partial charge in [-0.3, -0.25) is 10.1 Å². The Labute approximate surface area is 150 Å². The van der Waals surface area contributed by atoms with E-state index in [-0.39, 0.29) is 22.3 Å². The van der Waals surface area contributed by atoms with Crippen LogP contribution in [0, 0.1) is 15.9 Å². The van der Waals surface area contributed by atoms with Crippen LogP contribution in [0.4, 0.5) is 15.8 Å². The highest BCUT2D eigenvalue weighted by Crippen LogP contribution is 2.31. The van der Waals surface area contributed by atoms with Crippen LogP contribution in [0.15, 0.2) is 53.4 Å². The van der Waals surface area contributed by atoms with E-state index in [1.54, 1.807) is 23.1 Å². The number of benzene rings is 2. The van der Waals surface area contributed by atoms with Gasteiger partial charge in [0.1, 0.15) is 11.5 Å². The number of nitro groups is 1. The summed E-state index contributed by atoms with van der Waals surface area (Å²) in [5, 5.41) is 11.1. The molecule has 1 heterocycles. The standard InChI is InChI=1S/C17H18FN3O4S/c18-13-6-7-16(21(22)23)17(12-13)20-10-8-14(9-11-20)19-26(24,25)15-4-2-1-3-5-15/h1-7,12,14,19H,8-11H2. The second kappa shape index (κ2) is 7.38. The maximum atomic E-state index is 13.5. The summed E-state index contributed by atoms with van der Waals surface area (Å²) in [4.78, 5) is 12.5. The lowest BCUT2D eigenvalue weighted by atomic mass is 10.0. The Morgan fingerprint density at radius 3 is 2.38 bits per heavy atom. The van der Waals surface area contributed by atoms with E-state index in [1.807, 2.05) is 0 Å². The molecular formula is C17H18FN3O4S. The SMILES string of the molecule is O=[N+]([O-])c1ccc(F)cc1N1CCC(NS(=O)(=O)c2ccccc2)CC1. The van der Waals surface area contributed by atoms with Gasteiger partial charge in [-0.2, -0.15) is 0 Å². The fraction of sp³-hybridized carbons (Fsp3) is 0.294. The summed E-state index contributed by atoms with van der Waals surface area (Å²) in [5.74, 6) is -0.544. The molecule has 1 saturated heterocycles. The Hall–Kier alpha value is -2.52. The average Bonchev–Trinajstić information content (AvgIpc) is 2.62. The van der Waals surface area contributed by atoms with Gasteiger partial charge in [-0.1, -0.05) is 18.2 Å². The van der Waals surface area contributed by atoms with Crippen LogP contribution in [0.3, 0.4) is 0 Å². The zero-order chi connectivity index (χ0) is 18.7. The number of hydrogen-bond donors (Lipinski definition) is 1. The number of anilines is 1. The van der Waals surface area contributed by atoms with E-state index >= 15 is 0 Å². The minimum Gasteiger partial charge on any atom is -0.366 e. The normalized spacial score (nSPS) is 15.8. The molecule has 9 heteroatoms. The summed E-state index contributed by atoms with van der Waals surface area (Å²) >= 11 is 0. The van der Waals surface area contributed by atoms with Gasteiger partial charge in [0.2, 0.25) is 10.0 Å². The number of sulfonamides is 1. The zero-order valence-corrected chi connectivity index (χ0v) is 14.7. The second-order valence-electron chi connectivity index (χ2n) is 6.09. The lowest BCUT2D eigenvalue weighted by molar-refractivity contribution is -0.384. The third-order valence-corrected chi connectivity index (χ3v) is 5.88. The Kier molecular flexibility index (Phi) is 5.19. The molecule has 1 aliphatic rings. The van der Waals surface area contributed by atoms with Gasteiger partial charge in [-0.15, -0.1) is 0 Å². The minimum atomic E-state index is -3.61. The summed E-state index contributed by atoms with van der Waals surface area (Å²) in [7, 11) is -3.61. The largest absolute Gasteiger partial charge is 0.366 e. The van der Waals surface area contributed by atoms with Crippen molar-refractivity contribution in [2.75, 3.05) is 18.0 Å². The van der Waals surface area contributed by atoms with Crippen molar-refractivity contribution in [3.63, 3.8) is 0 Å². The van der Waals surface area contributed by atoms with E-state index < -0.39 is 20.8 Å². The first-order chi connectivity index (χ1) is 12.4. The molecule has 0 saturated carbocycles. The smallest absolute Gasteiger partial charge is 0.292 e. The Morgan fingerprint density at radius 2 is 1.77 bits per heavy atom. The van der Waals surface area contributed by atoms with Gasteiger partial charge in [0.15, 0.2) is 0 Å². The minimum absolute atomic E-state index is 0.158. The molecule has 0 unspecified atom stereocenters. The molecule has 138 valence electrons. The van der Waals surface area contributed by atoms with E-state index in [0.29, 0.717) is 25.9 Å². The maximum Gasteiger partial charge on any atom is 0.292 e. The van der Waals surface area contributed by atoms with Crippen LogP contribution in [-0.4, -0.2) is 32.5 Å². The first kappa shape index (κ1) is 18.3. The molecule has 26 heavy (non-hydrogen) atoms. The van der Waals surface area contributed by atoms with Crippen molar-refractivity contribution >= 4 is 21.4 Å². The van der Waals surface area contributed by atoms with Crippen molar-refractivity contribution in [2.45, 2.75) is 23.8 Å². The molecule has 7 nitrogen and oxygen atoms in total. The molecule has 0 bridgehead atoms. The predicted molar refractivity (Wildman–Crippen MR) is 95.1 cm³/mol. The number of hydrogen-bond acceptors (Lipinski definition) is 5. The predicted octanol–water partition coefficient (Wildman–Crippen LogP) is 2.68. The number of halogens is 1. The Bertz CT molecular complexity index is 897. The molecule has 0 atom stereocenters. The number of nitrogens with one attached hydrogen (secondary N) is 1. The van der Waals surface area contributed by atoms with Crippen LogP contribution in [0.1, 0.15) is 12.8 Å². The molecule has 2 aromatic rings. The van der Waals surface area contributed by atoms with E-state index in [4.69, 9.17) is 0 Å². The van der Waals surface area contributed by atoms with Gasteiger partial charge in [0.25, 0.3) is 5.69 Å². The lowest BCUT2D eigenvalue weighted by Crippen LogP contribution is -2.44. The molecule has 0 spiro atoms. The van der Waals surface area contributed by atoms with Crippen molar-refractivity contribution in [1.29, 1.82) is 0 Å². The number of nitro benzene ring substituents is 1. The van der Waals surface area contributed by atoms with Crippen molar-refractivity contribution in [2.24, 2.45) is 0 Å². The zero-order valence-electron chi connectivity index (χ0n) is 13.8. The first-order valence-corrected chi connectivity index (χ1v) is 9.61. The average molecular weight is 379 g/mol. The summed E-state index contributed by atoms with van der Waals surface area (Å²) in [5.41, 5.74) is 0.0640. The summed E-state index contributed by atoms with van der Waals surface area (Å²) in [6.07, 6.45) is 0.944. The summed E-state index contributed by atoms with van der Waals surface area (Å²) < 4.78 is 40.9.